The summed E-state index contributed by atoms with van der Waals surface area (Å²) in [4.78, 5) is 0. The lowest BCUT2D eigenvalue weighted by atomic mass is 10.2. The van der Waals surface area contributed by atoms with Crippen molar-refractivity contribution in [3.63, 3.8) is 0 Å². The van der Waals surface area contributed by atoms with Crippen molar-refractivity contribution < 1.29 is 9.47 Å². The first-order chi connectivity index (χ1) is 8.92. The summed E-state index contributed by atoms with van der Waals surface area (Å²) in [6.07, 6.45) is 0. The Bertz CT molecular complexity index is 388. The summed E-state index contributed by atoms with van der Waals surface area (Å²) in [5.74, 6) is 0.708. The van der Waals surface area contributed by atoms with E-state index in [0.717, 1.165) is 18.7 Å². The SMILES string of the molecule is CCNCc1ccc(OCCOC(C)(C)C)c(Cl)c1. The molecule has 1 aromatic rings. The maximum absolute atomic E-state index is 6.18. The molecule has 0 saturated carbocycles. The molecule has 0 heterocycles. The van der Waals surface area contributed by atoms with E-state index < -0.39 is 0 Å². The van der Waals surface area contributed by atoms with Crippen LogP contribution in [0.5, 0.6) is 5.75 Å². The number of hydrogen-bond donors (Lipinski definition) is 1. The Morgan fingerprint density at radius 2 is 1.95 bits per heavy atom. The number of hydrogen-bond acceptors (Lipinski definition) is 3. The minimum atomic E-state index is -0.136. The third kappa shape index (κ3) is 6.81. The molecule has 19 heavy (non-hydrogen) atoms. The van der Waals surface area contributed by atoms with Crippen LogP contribution in [0.15, 0.2) is 18.2 Å². The van der Waals surface area contributed by atoms with Gasteiger partial charge in [0.2, 0.25) is 0 Å². The van der Waals surface area contributed by atoms with Crippen LogP contribution in [-0.4, -0.2) is 25.4 Å². The van der Waals surface area contributed by atoms with E-state index in [9.17, 15) is 0 Å². The molecule has 1 rings (SSSR count). The Hall–Kier alpha value is -0.770. The van der Waals surface area contributed by atoms with Gasteiger partial charge in [0.05, 0.1) is 17.2 Å². The topological polar surface area (TPSA) is 30.5 Å². The molecule has 0 unspecified atom stereocenters. The van der Waals surface area contributed by atoms with Crippen LogP contribution in [0.1, 0.15) is 33.3 Å². The Labute approximate surface area is 121 Å². The lowest BCUT2D eigenvalue weighted by Gasteiger charge is -2.19. The van der Waals surface area contributed by atoms with Crippen molar-refractivity contribution in [2.24, 2.45) is 0 Å². The fraction of sp³-hybridized carbons (Fsp3) is 0.600. The molecule has 0 amide bonds. The largest absolute Gasteiger partial charge is 0.490 e. The highest BCUT2D eigenvalue weighted by atomic mass is 35.5. The Morgan fingerprint density at radius 3 is 2.53 bits per heavy atom. The summed E-state index contributed by atoms with van der Waals surface area (Å²) >= 11 is 6.18. The van der Waals surface area contributed by atoms with E-state index in [0.29, 0.717) is 24.0 Å². The minimum absolute atomic E-state index is 0.136. The molecule has 1 aromatic carbocycles. The maximum Gasteiger partial charge on any atom is 0.138 e. The van der Waals surface area contributed by atoms with Crippen LogP contribution in [0.4, 0.5) is 0 Å². The molecule has 0 saturated heterocycles. The minimum Gasteiger partial charge on any atom is -0.490 e. The summed E-state index contributed by atoms with van der Waals surface area (Å²) in [7, 11) is 0. The van der Waals surface area contributed by atoms with Gasteiger partial charge in [-0.1, -0.05) is 24.6 Å². The molecule has 0 aliphatic rings. The van der Waals surface area contributed by atoms with Crippen LogP contribution in [0.25, 0.3) is 0 Å². The molecule has 0 aromatic heterocycles. The molecular weight excluding hydrogens is 262 g/mol. The van der Waals surface area contributed by atoms with Crippen LogP contribution in [0.3, 0.4) is 0 Å². The second-order valence-corrected chi connectivity index (χ2v) is 5.76. The Balaban J connectivity index is 2.42. The van der Waals surface area contributed by atoms with E-state index in [1.807, 2.05) is 39.0 Å². The molecule has 0 aliphatic heterocycles. The molecule has 0 radical (unpaired) electrons. The van der Waals surface area contributed by atoms with Gasteiger partial charge in [-0.25, -0.2) is 0 Å². The molecule has 0 fully saturated rings. The second kappa shape index (κ2) is 7.73. The van der Waals surface area contributed by atoms with Gasteiger partial charge in [-0.15, -0.1) is 0 Å². The number of rotatable bonds is 7. The van der Waals surface area contributed by atoms with E-state index >= 15 is 0 Å². The fourth-order valence-corrected chi connectivity index (χ4v) is 1.80. The van der Waals surface area contributed by atoms with Crippen molar-refractivity contribution in [2.75, 3.05) is 19.8 Å². The van der Waals surface area contributed by atoms with Crippen molar-refractivity contribution in [2.45, 2.75) is 39.8 Å². The van der Waals surface area contributed by atoms with Crippen molar-refractivity contribution in [3.8, 4) is 5.75 Å². The van der Waals surface area contributed by atoms with Gasteiger partial charge in [-0.05, 0) is 45.0 Å². The van der Waals surface area contributed by atoms with E-state index in [2.05, 4.69) is 12.2 Å². The number of benzene rings is 1. The lowest BCUT2D eigenvalue weighted by molar-refractivity contribution is -0.0162. The number of nitrogens with one attached hydrogen (secondary N) is 1. The van der Waals surface area contributed by atoms with Gasteiger partial charge in [0.1, 0.15) is 12.4 Å². The molecule has 0 spiro atoms. The van der Waals surface area contributed by atoms with Crippen molar-refractivity contribution in [1.29, 1.82) is 0 Å². The molecule has 0 aliphatic carbocycles. The highest BCUT2D eigenvalue weighted by molar-refractivity contribution is 6.32. The Morgan fingerprint density at radius 1 is 1.21 bits per heavy atom. The first-order valence-electron chi connectivity index (χ1n) is 6.68. The van der Waals surface area contributed by atoms with Crippen LogP contribution >= 0.6 is 11.6 Å². The van der Waals surface area contributed by atoms with Gasteiger partial charge in [0.25, 0.3) is 0 Å². The van der Waals surface area contributed by atoms with Gasteiger partial charge in [0, 0.05) is 6.54 Å². The first-order valence-corrected chi connectivity index (χ1v) is 7.06. The third-order valence-electron chi connectivity index (χ3n) is 2.45. The maximum atomic E-state index is 6.18. The zero-order valence-electron chi connectivity index (χ0n) is 12.3. The summed E-state index contributed by atoms with van der Waals surface area (Å²) in [5, 5.41) is 3.91. The third-order valence-corrected chi connectivity index (χ3v) is 2.75. The first kappa shape index (κ1) is 16.3. The van der Waals surface area contributed by atoms with Gasteiger partial charge in [-0.3, -0.25) is 0 Å². The predicted octanol–water partition coefficient (Wildman–Crippen LogP) is 3.64. The van der Waals surface area contributed by atoms with Crippen LogP contribution in [-0.2, 0) is 11.3 Å². The van der Waals surface area contributed by atoms with Gasteiger partial charge in [0.15, 0.2) is 0 Å². The molecule has 1 N–H and O–H groups in total. The fourth-order valence-electron chi connectivity index (χ4n) is 1.54. The van der Waals surface area contributed by atoms with E-state index in [1.54, 1.807) is 0 Å². The van der Waals surface area contributed by atoms with E-state index in [1.165, 1.54) is 0 Å². The standard InChI is InChI=1S/C15H24ClNO2/c1-5-17-11-12-6-7-14(13(16)10-12)18-8-9-19-15(2,3)4/h6-7,10,17H,5,8-9,11H2,1-4H3. The molecule has 108 valence electrons. The number of halogens is 1. The summed E-state index contributed by atoms with van der Waals surface area (Å²) < 4.78 is 11.2. The van der Waals surface area contributed by atoms with Crippen LogP contribution < -0.4 is 10.1 Å². The van der Waals surface area contributed by atoms with Gasteiger partial charge < -0.3 is 14.8 Å². The van der Waals surface area contributed by atoms with Gasteiger partial charge >= 0.3 is 0 Å². The Kier molecular flexibility index (Phi) is 6.63. The quantitative estimate of drug-likeness (QED) is 0.776. The van der Waals surface area contributed by atoms with Crippen LogP contribution in [0, 0.1) is 0 Å². The lowest BCUT2D eigenvalue weighted by Crippen LogP contribution is -2.22. The van der Waals surface area contributed by atoms with Crippen LogP contribution in [0.2, 0.25) is 5.02 Å². The molecule has 3 nitrogen and oxygen atoms in total. The zero-order valence-corrected chi connectivity index (χ0v) is 13.0. The summed E-state index contributed by atoms with van der Waals surface area (Å²) in [6.45, 7) is 11.0. The summed E-state index contributed by atoms with van der Waals surface area (Å²) in [6, 6.07) is 5.87. The van der Waals surface area contributed by atoms with Crippen molar-refractivity contribution >= 4 is 11.6 Å². The second-order valence-electron chi connectivity index (χ2n) is 5.35. The normalized spacial score (nSPS) is 11.6. The highest BCUT2D eigenvalue weighted by Crippen LogP contribution is 2.25. The average molecular weight is 286 g/mol. The number of ether oxygens (including phenoxy) is 2. The van der Waals surface area contributed by atoms with E-state index in [4.69, 9.17) is 21.1 Å². The monoisotopic (exact) mass is 285 g/mol. The van der Waals surface area contributed by atoms with E-state index in [-0.39, 0.29) is 5.60 Å². The summed E-state index contributed by atoms with van der Waals surface area (Å²) in [5.41, 5.74) is 1.02. The molecule has 0 bridgehead atoms. The molecule has 4 heteroatoms. The average Bonchev–Trinajstić information content (AvgIpc) is 2.32. The molecular formula is C15H24ClNO2. The van der Waals surface area contributed by atoms with Crippen molar-refractivity contribution in [1.82, 2.24) is 5.32 Å². The van der Waals surface area contributed by atoms with Crippen molar-refractivity contribution in [3.05, 3.63) is 28.8 Å². The zero-order chi connectivity index (χ0) is 14.3. The van der Waals surface area contributed by atoms with Gasteiger partial charge in [-0.2, -0.15) is 0 Å². The predicted molar refractivity (Wildman–Crippen MR) is 80.0 cm³/mol. The highest BCUT2D eigenvalue weighted by Gasteiger charge is 2.10. The smallest absolute Gasteiger partial charge is 0.138 e. The molecule has 0 atom stereocenters.